The van der Waals surface area contributed by atoms with E-state index in [0.29, 0.717) is 5.92 Å². The number of amides is 1. The van der Waals surface area contributed by atoms with Crippen molar-refractivity contribution >= 4 is 11.6 Å². The molecule has 3 heteroatoms. The molecular formula is C11H16N2O. The van der Waals surface area contributed by atoms with E-state index in [1.807, 2.05) is 0 Å². The Bertz CT molecular complexity index is 304. The third-order valence-corrected chi connectivity index (χ3v) is 2.84. The van der Waals surface area contributed by atoms with Crippen LogP contribution in [0, 0.1) is 5.92 Å². The molecule has 3 nitrogen and oxygen atoms in total. The number of nitrogens with one attached hydrogen (secondary N) is 1. The first-order chi connectivity index (χ1) is 6.75. The minimum absolute atomic E-state index is 0.0348. The van der Waals surface area contributed by atoms with Gasteiger partial charge in [-0.05, 0) is 30.8 Å². The van der Waals surface area contributed by atoms with E-state index in [1.165, 1.54) is 6.42 Å². The zero-order chi connectivity index (χ0) is 9.97. The van der Waals surface area contributed by atoms with Crippen LogP contribution in [0.3, 0.4) is 0 Å². The van der Waals surface area contributed by atoms with Crippen LogP contribution in [-0.4, -0.2) is 24.7 Å². The highest BCUT2D eigenvalue weighted by Gasteiger charge is 2.17. The van der Waals surface area contributed by atoms with E-state index in [9.17, 15) is 4.79 Å². The molecule has 1 N–H and O–H groups in total. The van der Waals surface area contributed by atoms with Gasteiger partial charge in [-0.15, -0.1) is 0 Å². The summed E-state index contributed by atoms with van der Waals surface area (Å²) in [4.78, 5) is 15.7. The predicted octanol–water partition coefficient (Wildman–Crippen LogP) is 1.30. The lowest BCUT2D eigenvalue weighted by Gasteiger charge is -2.21. The van der Waals surface area contributed by atoms with Gasteiger partial charge in [-0.1, -0.05) is 6.92 Å². The van der Waals surface area contributed by atoms with E-state index >= 15 is 0 Å². The molecule has 0 bridgehead atoms. The molecule has 1 atom stereocenters. The Morgan fingerprint density at radius 3 is 3.00 bits per heavy atom. The molecule has 2 heterocycles. The first-order valence-electron chi connectivity index (χ1n) is 5.28. The number of rotatable bonds is 1. The lowest BCUT2D eigenvalue weighted by Crippen LogP contribution is -2.29. The number of carbonyl (C=O) groups is 1. The minimum Gasteiger partial charge on any atom is -0.352 e. The van der Waals surface area contributed by atoms with Crippen LogP contribution in [0.4, 0.5) is 0 Å². The Balaban J connectivity index is 2.11. The zero-order valence-corrected chi connectivity index (χ0v) is 8.55. The van der Waals surface area contributed by atoms with Crippen LogP contribution in [0.5, 0.6) is 0 Å². The zero-order valence-electron chi connectivity index (χ0n) is 8.55. The Labute approximate surface area is 84.3 Å². The minimum atomic E-state index is 0.0348. The number of aliphatic imine (C=N–C) groups is 1. The van der Waals surface area contributed by atoms with Crippen LogP contribution in [0.1, 0.15) is 26.2 Å². The van der Waals surface area contributed by atoms with Gasteiger partial charge in [0.25, 0.3) is 0 Å². The quantitative estimate of drug-likeness (QED) is 0.668. The van der Waals surface area contributed by atoms with Crippen LogP contribution in [-0.2, 0) is 4.79 Å². The maximum atomic E-state index is 11.1. The van der Waals surface area contributed by atoms with Gasteiger partial charge in [0.2, 0.25) is 5.91 Å². The van der Waals surface area contributed by atoms with Crippen LogP contribution < -0.4 is 5.32 Å². The average Bonchev–Trinajstić information content (AvgIpc) is 2.19. The number of carbonyl (C=O) groups excluding carboxylic acids is 1. The van der Waals surface area contributed by atoms with Crippen molar-refractivity contribution in [3.63, 3.8) is 0 Å². The van der Waals surface area contributed by atoms with Crippen LogP contribution >= 0.6 is 0 Å². The largest absolute Gasteiger partial charge is 0.352 e. The summed E-state index contributed by atoms with van der Waals surface area (Å²) >= 11 is 0. The first-order valence-corrected chi connectivity index (χ1v) is 5.28. The molecule has 1 unspecified atom stereocenters. The highest BCUT2D eigenvalue weighted by Crippen LogP contribution is 2.19. The predicted molar refractivity (Wildman–Crippen MR) is 56.4 cm³/mol. The molecule has 0 aromatic rings. The molecular weight excluding hydrogens is 176 g/mol. The van der Waals surface area contributed by atoms with Crippen molar-refractivity contribution in [2.45, 2.75) is 26.2 Å². The van der Waals surface area contributed by atoms with E-state index in [4.69, 9.17) is 0 Å². The Morgan fingerprint density at radius 2 is 2.36 bits per heavy atom. The molecule has 0 aromatic carbocycles. The fourth-order valence-corrected chi connectivity index (χ4v) is 1.91. The molecule has 0 radical (unpaired) electrons. The van der Waals surface area contributed by atoms with Crippen LogP contribution in [0.25, 0.3) is 0 Å². The molecule has 0 saturated heterocycles. The van der Waals surface area contributed by atoms with Crippen molar-refractivity contribution in [3.8, 4) is 0 Å². The normalized spacial score (nSPS) is 27.8. The molecule has 0 aliphatic carbocycles. The van der Waals surface area contributed by atoms with Crippen molar-refractivity contribution < 1.29 is 4.79 Å². The monoisotopic (exact) mass is 192 g/mol. The van der Waals surface area contributed by atoms with Gasteiger partial charge in [0.05, 0.1) is 0 Å². The second-order valence-electron chi connectivity index (χ2n) is 4.14. The maximum Gasteiger partial charge on any atom is 0.244 e. The summed E-state index contributed by atoms with van der Waals surface area (Å²) in [5.41, 5.74) is 2.32. The number of hydrogen-bond acceptors (Lipinski definition) is 2. The molecule has 0 aromatic heterocycles. The molecule has 2 rings (SSSR count). The van der Waals surface area contributed by atoms with Crippen molar-refractivity contribution in [1.82, 2.24) is 5.32 Å². The number of hydrogen-bond donors (Lipinski definition) is 1. The molecule has 2 aliphatic rings. The fourth-order valence-electron chi connectivity index (χ4n) is 1.91. The highest BCUT2D eigenvalue weighted by atomic mass is 16.1. The summed E-state index contributed by atoms with van der Waals surface area (Å²) in [5.74, 6) is 0.740. The van der Waals surface area contributed by atoms with Crippen molar-refractivity contribution in [2.75, 3.05) is 13.1 Å². The van der Waals surface area contributed by atoms with E-state index in [0.717, 1.165) is 37.2 Å². The Morgan fingerprint density at radius 1 is 1.50 bits per heavy atom. The number of nitrogens with zero attached hydrogens (tertiary/aromatic N) is 1. The standard InChI is InChI=1S/C11H16N2O/c1-8-2-3-10(13-7-8)9-4-5-12-11(14)6-9/h6,8H,2-5,7H2,1H3,(H,12,14). The van der Waals surface area contributed by atoms with Crippen molar-refractivity contribution in [3.05, 3.63) is 11.6 Å². The van der Waals surface area contributed by atoms with E-state index in [-0.39, 0.29) is 5.91 Å². The van der Waals surface area contributed by atoms with Gasteiger partial charge >= 0.3 is 0 Å². The van der Waals surface area contributed by atoms with Gasteiger partial charge in [0, 0.05) is 24.9 Å². The third-order valence-electron chi connectivity index (χ3n) is 2.84. The topological polar surface area (TPSA) is 41.5 Å². The molecule has 76 valence electrons. The Hall–Kier alpha value is -1.12. The third kappa shape index (κ3) is 2.03. The lowest BCUT2D eigenvalue weighted by molar-refractivity contribution is -0.116. The van der Waals surface area contributed by atoms with Gasteiger partial charge in [-0.25, -0.2) is 0 Å². The van der Waals surface area contributed by atoms with Gasteiger partial charge in [-0.3, -0.25) is 9.79 Å². The summed E-state index contributed by atoms with van der Waals surface area (Å²) in [6.07, 6.45) is 4.90. The van der Waals surface area contributed by atoms with Gasteiger partial charge in [-0.2, -0.15) is 0 Å². The molecule has 14 heavy (non-hydrogen) atoms. The smallest absolute Gasteiger partial charge is 0.244 e. The van der Waals surface area contributed by atoms with Crippen molar-refractivity contribution in [1.29, 1.82) is 0 Å². The van der Waals surface area contributed by atoms with Gasteiger partial charge in [0.1, 0.15) is 0 Å². The van der Waals surface area contributed by atoms with Crippen LogP contribution in [0.15, 0.2) is 16.6 Å². The van der Waals surface area contributed by atoms with Gasteiger partial charge in [0.15, 0.2) is 0 Å². The van der Waals surface area contributed by atoms with Gasteiger partial charge < -0.3 is 5.32 Å². The van der Waals surface area contributed by atoms with E-state index in [2.05, 4.69) is 17.2 Å². The summed E-state index contributed by atoms with van der Waals surface area (Å²) in [6, 6.07) is 0. The molecule has 1 amide bonds. The summed E-state index contributed by atoms with van der Waals surface area (Å²) in [6.45, 7) is 3.91. The maximum absolute atomic E-state index is 11.1. The van der Waals surface area contributed by atoms with Crippen LogP contribution in [0.2, 0.25) is 0 Å². The molecule has 0 saturated carbocycles. The second-order valence-corrected chi connectivity index (χ2v) is 4.14. The molecule has 0 fully saturated rings. The summed E-state index contributed by atoms with van der Waals surface area (Å²) in [5, 5.41) is 2.79. The summed E-state index contributed by atoms with van der Waals surface area (Å²) < 4.78 is 0. The SMILES string of the molecule is CC1CCC(C2=CC(=O)NCC2)=NC1. The second kappa shape index (κ2) is 3.95. The van der Waals surface area contributed by atoms with E-state index < -0.39 is 0 Å². The highest BCUT2D eigenvalue weighted by molar-refractivity contribution is 6.06. The summed E-state index contributed by atoms with van der Waals surface area (Å²) in [7, 11) is 0. The lowest BCUT2D eigenvalue weighted by atomic mass is 9.93. The molecule has 0 spiro atoms. The first kappa shape index (κ1) is 9.44. The average molecular weight is 192 g/mol. The van der Waals surface area contributed by atoms with Crippen molar-refractivity contribution in [2.24, 2.45) is 10.9 Å². The van der Waals surface area contributed by atoms with E-state index in [1.54, 1.807) is 6.08 Å². The Kier molecular flexibility index (Phi) is 2.66. The fraction of sp³-hybridized carbons (Fsp3) is 0.636. The molecule has 2 aliphatic heterocycles.